The van der Waals surface area contributed by atoms with Gasteiger partial charge in [-0.2, -0.15) is 0 Å². The molecular formula is C15H26N2O2. The molecule has 3 fully saturated rings. The van der Waals surface area contributed by atoms with E-state index in [9.17, 15) is 9.90 Å². The van der Waals surface area contributed by atoms with Crippen LogP contribution in [0.15, 0.2) is 0 Å². The highest BCUT2D eigenvalue weighted by atomic mass is 16.3. The van der Waals surface area contributed by atoms with Crippen molar-refractivity contribution in [1.29, 1.82) is 0 Å². The quantitative estimate of drug-likeness (QED) is 0.806. The topological polar surface area (TPSA) is 52.6 Å². The lowest BCUT2D eigenvalue weighted by molar-refractivity contribution is -0.126. The zero-order chi connectivity index (χ0) is 13.3. The zero-order valence-corrected chi connectivity index (χ0v) is 11.7. The van der Waals surface area contributed by atoms with Crippen LogP contribution < -0.4 is 5.32 Å². The van der Waals surface area contributed by atoms with Gasteiger partial charge in [0.05, 0.1) is 18.1 Å². The molecule has 0 bridgehead atoms. The Balaban J connectivity index is 1.49. The van der Waals surface area contributed by atoms with Crippen LogP contribution in [0.3, 0.4) is 0 Å². The van der Waals surface area contributed by atoms with E-state index in [2.05, 4.69) is 10.2 Å². The molecule has 2 aliphatic carbocycles. The van der Waals surface area contributed by atoms with Crippen molar-refractivity contribution in [2.45, 2.75) is 62.9 Å². The molecule has 1 atom stereocenters. The number of aliphatic hydroxyl groups is 1. The number of nitrogens with zero attached hydrogens (tertiary/aromatic N) is 1. The molecule has 2 N–H and O–H groups in total. The molecule has 1 amide bonds. The Kier molecular flexibility index (Phi) is 3.81. The second kappa shape index (κ2) is 5.41. The fourth-order valence-corrected chi connectivity index (χ4v) is 3.62. The fourth-order valence-electron chi connectivity index (χ4n) is 3.62. The molecule has 1 aliphatic heterocycles. The van der Waals surface area contributed by atoms with Gasteiger partial charge < -0.3 is 10.4 Å². The van der Waals surface area contributed by atoms with Gasteiger partial charge in [0.1, 0.15) is 0 Å². The van der Waals surface area contributed by atoms with Crippen molar-refractivity contribution >= 4 is 5.91 Å². The highest BCUT2D eigenvalue weighted by molar-refractivity contribution is 5.80. The van der Waals surface area contributed by atoms with Crippen LogP contribution in [0.5, 0.6) is 0 Å². The predicted octanol–water partition coefficient (Wildman–Crippen LogP) is 1.28. The molecule has 3 aliphatic rings. The molecule has 19 heavy (non-hydrogen) atoms. The van der Waals surface area contributed by atoms with Gasteiger partial charge in [-0.25, -0.2) is 0 Å². The maximum Gasteiger partial charge on any atom is 0.224 e. The van der Waals surface area contributed by atoms with Gasteiger partial charge in [-0.3, -0.25) is 9.69 Å². The van der Waals surface area contributed by atoms with Crippen molar-refractivity contribution in [2.75, 3.05) is 19.7 Å². The molecule has 0 aromatic rings. The van der Waals surface area contributed by atoms with E-state index in [-0.39, 0.29) is 24.0 Å². The molecule has 0 unspecified atom stereocenters. The van der Waals surface area contributed by atoms with E-state index in [1.165, 1.54) is 32.1 Å². The lowest BCUT2D eigenvalue weighted by Gasteiger charge is -2.31. The summed E-state index contributed by atoms with van der Waals surface area (Å²) >= 11 is 0. The number of rotatable bonds is 4. The lowest BCUT2D eigenvalue weighted by Crippen LogP contribution is -2.44. The Bertz CT molecular complexity index is 335. The Hall–Kier alpha value is -0.610. The minimum atomic E-state index is -0.255. The van der Waals surface area contributed by atoms with Gasteiger partial charge in [0, 0.05) is 12.6 Å². The summed E-state index contributed by atoms with van der Waals surface area (Å²) in [7, 11) is 0. The third kappa shape index (κ3) is 2.95. The van der Waals surface area contributed by atoms with E-state index < -0.39 is 0 Å². The Labute approximate surface area is 115 Å². The number of hydrogen-bond donors (Lipinski definition) is 2. The van der Waals surface area contributed by atoms with Gasteiger partial charge in [0.15, 0.2) is 0 Å². The second-order valence-electron chi connectivity index (χ2n) is 6.70. The third-order valence-electron chi connectivity index (χ3n) is 5.23. The molecule has 2 saturated carbocycles. The largest absolute Gasteiger partial charge is 0.394 e. The smallest absolute Gasteiger partial charge is 0.224 e. The molecule has 108 valence electrons. The number of amides is 1. The van der Waals surface area contributed by atoms with Crippen LogP contribution in [0, 0.1) is 5.92 Å². The first kappa shape index (κ1) is 13.4. The molecule has 1 saturated heterocycles. The van der Waals surface area contributed by atoms with Crippen LogP contribution in [0.4, 0.5) is 0 Å². The zero-order valence-electron chi connectivity index (χ0n) is 11.7. The van der Waals surface area contributed by atoms with Gasteiger partial charge >= 0.3 is 0 Å². The molecule has 0 aromatic heterocycles. The summed E-state index contributed by atoms with van der Waals surface area (Å²) in [4.78, 5) is 14.8. The van der Waals surface area contributed by atoms with Crippen LogP contribution in [0.2, 0.25) is 0 Å². The lowest BCUT2D eigenvalue weighted by atomic mass is 9.94. The summed E-state index contributed by atoms with van der Waals surface area (Å²) in [6.07, 6.45) is 9.58. The standard InChI is InChI=1S/C15H26N2O2/c18-11-15(7-8-15)16-14(19)12-6-9-17(10-12)13-4-2-1-3-5-13/h12-13,18H,1-11H2,(H,16,19)/t12-/m1/s1. The number of aliphatic hydroxyl groups excluding tert-OH is 1. The van der Waals surface area contributed by atoms with Crippen molar-refractivity contribution in [3.05, 3.63) is 0 Å². The van der Waals surface area contributed by atoms with Crippen LogP contribution in [0.25, 0.3) is 0 Å². The molecule has 0 spiro atoms. The predicted molar refractivity (Wildman–Crippen MR) is 73.7 cm³/mol. The van der Waals surface area contributed by atoms with E-state index in [0.29, 0.717) is 0 Å². The first-order chi connectivity index (χ1) is 9.22. The summed E-state index contributed by atoms with van der Waals surface area (Å²) < 4.78 is 0. The number of carbonyl (C=O) groups is 1. The van der Waals surface area contributed by atoms with E-state index in [4.69, 9.17) is 0 Å². The van der Waals surface area contributed by atoms with E-state index in [0.717, 1.165) is 38.4 Å². The van der Waals surface area contributed by atoms with E-state index in [1.54, 1.807) is 0 Å². The highest BCUT2D eigenvalue weighted by Crippen LogP contribution is 2.35. The number of carbonyl (C=O) groups excluding carboxylic acids is 1. The van der Waals surface area contributed by atoms with Crippen molar-refractivity contribution in [1.82, 2.24) is 10.2 Å². The van der Waals surface area contributed by atoms with Crippen LogP contribution in [-0.2, 0) is 4.79 Å². The van der Waals surface area contributed by atoms with E-state index >= 15 is 0 Å². The van der Waals surface area contributed by atoms with Crippen molar-refractivity contribution in [2.24, 2.45) is 5.92 Å². The molecular weight excluding hydrogens is 240 g/mol. The number of hydrogen-bond acceptors (Lipinski definition) is 3. The average molecular weight is 266 g/mol. The van der Waals surface area contributed by atoms with Gasteiger partial charge in [-0.05, 0) is 38.6 Å². The minimum Gasteiger partial charge on any atom is -0.394 e. The molecule has 3 rings (SSSR count). The average Bonchev–Trinajstić information content (AvgIpc) is 3.04. The molecule has 0 aromatic carbocycles. The fraction of sp³-hybridized carbons (Fsp3) is 0.933. The van der Waals surface area contributed by atoms with Gasteiger partial charge in [0.2, 0.25) is 5.91 Å². The van der Waals surface area contributed by atoms with Crippen LogP contribution >= 0.6 is 0 Å². The Morgan fingerprint density at radius 1 is 1.21 bits per heavy atom. The second-order valence-corrected chi connectivity index (χ2v) is 6.70. The van der Waals surface area contributed by atoms with Crippen molar-refractivity contribution in [3.63, 3.8) is 0 Å². The molecule has 0 radical (unpaired) electrons. The summed E-state index contributed by atoms with van der Waals surface area (Å²) in [5.41, 5.74) is -0.255. The van der Waals surface area contributed by atoms with Crippen molar-refractivity contribution < 1.29 is 9.90 Å². The maximum absolute atomic E-state index is 12.2. The van der Waals surface area contributed by atoms with Crippen LogP contribution in [-0.4, -0.2) is 47.2 Å². The Morgan fingerprint density at radius 2 is 1.95 bits per heavy atom. The Morgan fingerprint density at radius 3 is 2.58 bits per heavy atom. The summed E-state index contributed by atoms with van der Waals surface area (Å²) in [6.45, 7) is 2.10. The first-order valence-electron chi connectivity index (χ1n) is 7.89. The van der Waals surface area contributed by atoms with Gasteiger partial charge in [0.25, 0.3) is 0 Å². The molecule has 4 heteroatoms. The maximum atomic E-state index is 12.2. The summed E-state index contributed by atoms with van der Waals surface area (Å²) in [5.74, 6) is 0.316. The van der Waals surface area contributed by atoms with Crippen LogP contribution in [0.1, 0.15) is 51.4 Å². The minimum absolute atomic E-state index is 0.0950. The van der Waals surface area contributed by atoms with E-state index in [1.807, 2.05) is 0 Å². The highest BCUT2D eigenvalue weighted by Gasteiger charge is 2.45. The summed E-state index contributed by atoms with van der Waals surface area (Å²) in [6, 6.07) is 0.722. The number of nitrogens with one attached hydrogen (secondary N) is 1. The SMILES string of the molecule is O=C(NC1(CO)CC1)[C@@H]1CCN(C2CCCCC2)C1. The van der Waals surface area contributed by atoms with Crippen molar-refractivity contribution in [3.8, 4) is 0 Å². The first-order valence-corrected chi connectivity index (χ1v) is 7.89. The normalized spacial score (nSPS) is 31.3. The number of likely N-dealkylation sites (tertiary alicyclic amines) is 1. The summed E-state index contributed by atoms with van der Waals surface area (Å²) in [5, 5.41) is 12.3. The molecule has 4 nitrogen and oxygen atoms in total. The van der Waals surface area contributed by atoms with Gasteiger partial charge in [-0.1, -0.05) is 19.3 Å². The van der Waals surface area contributed by atoms with Gasteiger partial charge in [-0.15, -0.1) is 0 Å². The monoisotopic (exact) mass is 266 g/mol. The molecule has 1 heterocycles. The third-order valence-corrected chi connectivity index (χ3v) is 5.23.